The topological polar surface area (TPSA) is 118 Å². The van der Waals surface area contributed by atoms with Crippen LogP contribution >= 0.6 is 11.3 Å². The second-order valence-electron chi connectivity index (χ2n) is 8.30. The van der Waals surface area contributed by atoms with Gasteiger partial charge in [0, 0.05) is 11.1 Å². The second-order valence-corrected chi connectivity index (χ2v) is 9.31. The number of nitrogen functional groups attached to an aromatic ring is 1. The van der Waals surface area contributed by atoms with E-state index in [0.717, 1.165) is 21.5 Å². The van der Waals surface area contributed by atoms with Gasteiger partial charge in [0.25, 0.3) is 0 Å². The minimum absolute atomic E-state index is 0.293. The van der Waals surface area contributed by atoms with Gasteiger partial charge in [0.15, 0.2) is 11.6 Å². The number of fused-ring (bicyclic) bond motifs is 1. The summed E-state index contributed by atoms with van der Waals surface area (Å²) < 4.78 is 2.62. The van der Waals surface area contributed by atoms with Gasteiger partial charge < -0.3 is 5.73 Å². The van der Waals surface area contributed by atoms with Crippen LogP contribution in [-0.2, 0) is 5.41 Å². The number of pyridine rings is 1. The third kappa shape index (κ3) is 3.78. The molecule has 0 unspecified atom stereocenters. The standard InChI is InChI=1S/C22H22N8S/c1-12-10-13(2)25-19(24)17(12)27-28-20-14(11-23)18(22(3,4)5)29-30(20)21-26-15-8-6-7-9-16(15)31-21/h6-10H,1-5H3,(H2,24,25)/b28-27+. The first-order valence-electron chi connectivity index (χ1n) is 9.74. The zero-order valence-electron chi connectivity index (χ0n) is 18.0. The molecule has 156 valence electrons. The minimum Gasteiger partial charge on any atom is -0.382 e. The number of hydrogen-bond acceptors (Lipinski definition) is 8. The Morgan fingerprint density at radius 1 is 1.13 bits per heavy atom. The summed E-state index contributed by atoms with van der Waals surface area (Å²) in [5.74, 6) is 0.618. The highest BCUT2D eigenvalue weighted by atomic mass is 32.1. The highest BCUT2D eigenvalue weighted by Gasteiger charge is 2.29. The van der Waals surface area contributed by atoms with Crippen LogP contribution in [0.1, 0.15) is 43.3 Å². The van der Waals surface area contributed by atoms with E-state index in [2.05, 4.69) is 26.3 Å². The van der Waals surface area contributed by atoms with Crippen molar-refractivity contribution in [2.45, 2.75) is 40.0 Å². The molecule has 3 aromatic heterocycles. The van der Waals surface area contributed by atoms with Crippen molar-refractivity contribution >= 4 is 38.9 Å². The van der Waals surface area contributed by atoms with E-state index in [-0.39, 0.29) is 5.41 Å². The van der Waals surface area contributed by atoms with Gasteiger partial charge in [0.1, 0.15) is 17.3 Å². The first-order valence-corrected chi connectivity index (χ1v) is 10.6. The Bertz CT molecular complexity index is 1310. The Kier molecular flexibility index (Phi) is 5.03. The van der Waals surface area contributed by atoms with Crippen molar-refractivity contribution in [1.29, 1.82) is 5.26 Å². The number of nitrogens with two attached hydrogens (primary N) is 1. The second kappa shape index (κ2) is 7.56. The van der Waals surface area contributed by atoms with Gasteiger partial charge in [-0.3, -0.25) is 0 Å². The maximum atomic E-state index is 9.95. The molecule has 0 saturated heterocycles. The molecule has 0 fully saturated rings. The average molecular weight is 431 g/mol. The number of thiazole rings is 1. The molecule has 9 heteroatoms. The molecule has 8 nitrogen and oxygen atoms in total. The van der Waals surface area contributed by atoms with Crippen molar-refractivity contribution in [1.82, 2.24) is 19.7 Å². The van der Waals surface area contributed by atoms with Crippen LogP contribution in [0.5, 0.6) is 0 Å². The van der Waals surface area contributed by atoms with Crippen LogP contribution in [0.15, 0.2) is 40.6 Å². The molecule has 0 aliphatic rings. The van der Waals surface area contributed by atoms with Gasteiger partial charge in [0.05, 0.1) is 15.9 Å². The molecule has 0 spiro atoms. The van der Waals surface area contributed by atoms with Crippen molar-refractivity contribution in [3.8, 4) is 11.2 Å². The summed E-state index contributed by atoms with van der Waals surface area (Å²) in [7, 11) is 0. The fourth-order valence-corrected chi connectivity index (χ4v) is 4.22. The van der Waals surface area contributed by atoms with Gasteiger partial charge in [-0.25, -0.2) is 9.97 Å². The smallest absolute Gasteiger partial charge is 0.213 e. The van der Waals surface area contributed by atoms with Gasteiger partial charge in [-0.2, -0.15) is 15.0 Å². The quantitative estimate of drug-likeness (QED) is 0.421. The van der Waals surface area contributed by atoms with E-state index in [1.807, 2.05) is 65.0 Å². The molecular formula is C22H22N8S. The average Bonchev–Trinajstić information content (AvgIpc) is 3.27. The number of anilines is 1. The fraction of sp³-hybridized carbons (Fsp3) is 0.273. The number of aryl methyl sites for hydroxylation is 2. The molecule has 0 saturated carbocycles. The van der Waals surface area contributed by atoms with Crippen molar-refractivity contribution in [2.75, 3.05) is 5.73 Å². The maximum absolute atomic E-state index is 9.95. The summed E-state index contributed by atoms with van der Waals surface area (Å²) in [5.41, 5.74) is 9.71. The fourth-order valence-electron chi connectivity index (χ4n) is 3.30. The van der Waals surface area contributed by atoms with Crippen molar-refractivity contribution in [2.24, 2.45) is 10.2 Å². The van der Waals surface area contributed by atoms with E-state index >= 15 is 0 Å². The van der Waals surface area contributed by atoms with Gasteiger partial charge in [-0.15, -0.1) is 10.2 Å². The number of nitriles is 1. The molecule has 0 amide bonds. The highest BCUT2D eigenvalue weighted by molar-refractivity contribution is 7.20. The Balaban J connectivity index is 1.94. The van der Waals surface area contributed by atoms with Gasteiger partial charge in [-0.05, 0) is 37.6 Å². The van der Waals surface area contributed by atoms with Gasteiger partial charge in [-0.1, -0.05) is 44.2 Å². The zero-order valence-corrected chi connectivity index (χ0v) is 18.8. The van der Waals surface area contributed by atoms with E-state index in [4.69, 9.17) is 10.8 Å². The van der Waals surface area contributed by atoms with Crippen LogP contribution in [-0.4, -0.2) is 19.7 Å². The molecule has 0 aliphatic carbocycles. The van der Waals surface area contributed by atoms with E-state index in [9.17, 15) is 5.26 Å². The lowest BCUT2D eigenvalue weighted by atomic mass is 9.90. The Morgan fingerprint density at radius 2 is 1.87 bits per heavy atom. The van der Waals surface area contributed by atoms with Crippen LogP contribution in [0.25, 0.3) is 15.3 Å². The largest absolute Gasteiger partial charge is 0.382 e. The summed E-state index contributed by atoms with van der Waals surface area (Å²) in [4.78, 5) is 8.96. The molecule has 0 bridgehead atoms. The van der Waals surface area contributed by atoms with E-state index < -0.39 is 0 Å². The van der Waals surface area contributed by atoms with Crippen molar-refractivity contribution in [3.63, 3.8) is 0 Å². The Labute approximate surface area is 184 Å². The number of azo groups is 1. The first-order chi connectivity index (χ1) is 14.7. The van der Waals surface area contributed by atoms with Crippen molar-refractivity contribution < 1.29 is 0 Å². The summed E-state index contributed by atoms with van der Waals surface area (Å²) in [6.07, 6.45) is 0. The lowest BCUT2D eigenvalue weighted by molar-refractivity contribution is 0.559. The third-order valence-corrected chi connectivity index (χ3v) is 5.74. The van der Waals surface area contributed by atoms with Crippen LogP contribution in [0, 0.1) is 25.2 Å². The summed E-state index contributed by atoms with van der Waals surface area (Å²) in [6, 6.07) is 12.0. The Morgan fingerprint density at radius 3 is 2.52 bits per heavy atom. The summed E-state index contributed by atoms with van der Waals surface area (Å²) in [5, 5.41) is 24.1. The molecule has 0 atom stereocenters. The molecule has 3 heterocycles. The van der Waals surface area contributed by atoms with Crippen LogP contribution in [0.4, 0.5) is 17.3 Å². The molecular weight excluding hydrogens is 408 g/mol. The lowest BCUT2D eigenvalue weighted by Gasteiger charge is -2.14. The van der Waals surface area contributed by atoms with Crippen molar-refractivity contribution in [3.05, 3.63) is 52.8 Å². The normalized spacial score (nSPS) is 12.0. The molecule has 1 aromatic carbocycles. The van der Waals surface area contributed by atoms with Gasteiger partial charge in [0.2, 0.25) is 5.13 Å². The van der Waals surface area contributed by atoms with Crippen LogP contribution in [0.2, 0.25) is 0 Å². The first kappa shape index (κ1) is 20.6. The van der Waals surface area contributed by atoms with E-state index in [0.29, 0.717) is 33.7 Å². The number of nitrogens with zero attached hydrogens (tertiary/aromatic N) is 7. The van der Waals surface area contributed by atoms with E-state index in [1.54, 1.807) is 4.68 Å². The zero-order chi connectivity index (χ0) is 22.3. The monoisotopic (exact) mass is 430 g/mol. The van der Waals surface area contributed by atoms with Gasteiger partial charge >= 0.3 is 0 Å². The number of para-hydroxylation sites is 1. The molecule has 31 heavy (non-hydrogen) atoms. The molecule has 0 radical (unpaired) electrons. The predicted molar refractivity (Wildman–Crippen MR) is 122 cm³/mol. The summed E-state index contributed by atoms with van der Waals surface area (Å²) in [6.45, 7) is 9.79. The molecule has 0 aliphatic heterocycles. The predicted octanol–water partition coefficient (Wildman–Crippen LogP) is 5.66. The summed E-state index contributed by atoms with van der Waals surface area (Å²) >= 11 is 1.48. The van der Waals surface area contributed by atoms with E-state index in [1.165, 1.54) is 11.3 Å². The number of benzene rings is 1. The maximum Gasteiger partial charge on any atom is 0.213 e. The van der Waals surface area contributed by atoms with Crippen LogP contribution in [0.3, 0.4) is 0 Å². The molecule has 4 aromatic rings. The number of aromatic nitrogens is 4. The van der Waals surface area contributed by atoms with Crippen LogP contribution < -0.4 is 5.73 Å². The molecule has 4 rings (SSSR count). The molecule has 2 N–H and O–H groups in total. The highest BCUT2D eigenvalue weighted by Crippen LogP contribution is 2.37. The number of rotatable bonds is 3. The SMILES string of the molecule is Cc1cc(C)c(/N=N/c2c(C#N)c(C(C)(C)C)nn2-c2nc3ccccc3s2)c(N)n1. The minimum atomic E-state index is -0.363. The third-order valence-electron chi connectivity index (χ3n) is 4.73. The Hall–Kier alpha value is -3.64. The number of hydrogen-bond donors (Lipinski definition) is 1. The lowest BCUT2D eigenvalue weighted by Crippen LogP contribution is -2.14.